The zero-order chi connectivity index (χ0) is 40.8. The van der Waals surface area contributed by atoms with Crippen molar-refractivity contribution in [2.24, 2.45) is 45.3 Å². The molecule has 2 saturated heterocycles. The predicted octanol–water partition coefficient (Wildman–Crippen LogP) is 0.954. The van der Waals surface area contributed by atoms with E-state index in [9.17, 15) is 51.1 Å². The van der Waals surface area contributed by atoms with Gasteiger partial charge in [0.1, 0.15) is 42.7 Å². The molecule has 20 atom stereocenters. The maximum Gasteiger partial charge on any atom is 0.187 e. The minimum atomic E-state index is -1.69. The summed E-state index contributed by atoms with van der Waals surface area (Å²) in [5, 5.41) is 110. The summed E-state index contributed by atoms with van der Waals surface area (Å²) in [7, 11) is 0. The van der Waals surface area contributed by atoms with Gasteiger partial charge in [0.15, 0.2) is 12.6 Å². The van der Waals surface area contributed by atoms with Crippen LogP contribution in [0.5, 0.6) is 0 Å². The molecule has 0 amide bonds. The summed E-state index contributed by atoms with van der Waals surface area (Å²) in [5.41, 5.74) is -3.94. The van der Waals surface area contributed by atoms with Crippen LogP contribution in [0, 0.1) is 45.3 Å². The van der Waals surface area contributed by atoms with Gasteiger partial charge >= 0.3 is 0 Å². The lowest BCUT2D eigenvalue weighted by atomic mass is 9.34. The van der Waals surface area contributed by atoms with Gasteiger partial charge < -0.3 is 70.0 Å². The van der Waals surface area contributed by atoms with Crippen LogP contribution in [0.2, 0.25) is 0 Å². The molecule has 0 bridgehead atoms. The monoisotopic (exact) mass is 788 g/mol. The molecular formula is C41H72O14. The fourth-order valence-electron chi connectivity index (χ4n) is 13.3. The lowest BCUT2D eigenvalue weighted by molar-refractivity contribution is -0.377. The highest BCUT2D eigenvalue weighted by Crippen LogP contribution is 2.76. The number of fused-ring (bicyclic) bond motifs is 5. The van der Waals surface area contributed by atoms with Crippen LogP contribution in [0.1, 0.15) is 113 Å². The second kappa shape index (κ2) is 15.2. The molecule has 6 rings (SSSR count). The van der Waals surface area contributed by atoms with Crippen molar-refractivity contribution in [3.63, 3.8) is 0 Å². The van der Waals surface area contributed by atoms with Crippen molar-refractivity contribution in [2.45, 2.75) is 198 Å². The molecule has 4 aliphatic carbocycles. The van der Waals surface area contributed by atoms with Crippen molar-refractivity contribution in [3.05, 3.63) is 0 Å². The Bertz CT molecular complexity index is 1340. The van der Waals surface area contributed by atoms with Crippen LogP contribution < -0.4 is 0 Å². The maximum absolute atomic E-state index is 12.2. The first kappa shape index (κ1) is 44.0. The molecule has 2 aliphatic heterocycles. The van der Waals surface area contributed by atoms with E-state index < -0.39 is 113 Å². The molecule has 14 heteroatoms. The molecule has 2 heterocycles. The smallest absolute Gasteiger partial charge is 0.187 e. The molecule has 0 aromatic rings. The molecule has 320 valence electrons. The average molecular weight is 789 g/mol. The van der Waals surface area contributed by atoms with Crippen molar-refractivity contribution >= 4 is 0 Å². The summed E-state index contributed by atoms with van der Waals surface area (Å²) in [4.78, 5) is 0. The van der Waals surface area contributed by atoms with Crippen molar-refractivity contribution in [2.75, 3.05) is 13.2 Å². The molecule has 0 radical (unpaired) electrons. The lowest BCUT2D eigenvalue weighted by Crippen LogP contribution is -2.71. The second-order valence-electron chi connectivity index (χ2n) is 20.7. The highest BCUT2D eigenvalue weighted by atomic mass is 16.8. The Morgan fingerprint density at radius 3 is 2.05 bits per heavy atom. The van der Waals surface area contributed by atoms with Crippen LogP contribution in [-0.2, 0) is 18.9 Å². The average Bonchev–Trinajstić information content (AvgIpc) is 3.47. The van der Waals surface area contributed by atoms with Gasteiger partial charge in [0.25, 0.3) is 0 Å². The number of aliphatic hydroxyl groups is 10. The van der Waals surface area contributed by atoms with Gasteiger partial charge in [-0.1, -0.05) is 34.6 Å². The van der Waals surface area contributed by atoms with Gasteiger partial charge in [0.2, 0.25) is 0 Å². The largest absolute Gasteiger partial charge is 0.394 e. The molecule has 55 heavy (non-hydrogen) atoms. The van der Waals surface area contributed by atoms with Crippen molar-refractivity contribution < 1.29 is 70.0 Å². The summed E-state index contributed by atoms with van der Waals surface area (Å²) < 4.78 is 24.8. The highest BCUT2D eigenvalue weighted by Gasteiger charge is 2.73. The van der Waals surface area contributed by atoms with Crippen LogP contribution in [0.15, 0.2) is 0 Å². The van der Waals surface area contributed by atoms with Crippen molar-refractivity contribution in [1.82, 2.24) is 0 Å². The fourth-order valence-corrected chi connectivity index (χ4v) is 13.3. The van der Waals surface area contributed by atoms with Gasteiger partial charge in [0.05, 0.1) is 42.7 Å². The van der Waals surface area contributed by atoms with E-state index in [0.717, 1.165) is 12.8 Å². The standard InChI is InChI=1S/C41H72O14/c1-36(2,50)12-9-13-41(8,51)20-10-15-39(6)27(20)21(43)16-25-38(5)14-11-26(45)37(3,4)33(38)23(17-40(25,39)7)53-35-32(30(48)29(47)24(18-42)54-35)55-34-31(49)28(46)22(44)19-52-34/h20-35,42-51H,9-19H2,1-8H3/t20-,21+,22+,23-,24+,25+,26-,27-,28-,29+,30-,31+,32+,33-,34-,35+,38+,39+,40+,41-/m0/s1. The maximum atomic E-state index is 12.2. The van der Waals surface area contributed by atoms with E-state index in [2.05, 4.69) is 20.8 Å². The van der Waals surface area contributed by atoms with E-state index in [1.54, 1.807) is 13.8 Å². The predicted molar refractivity (Wildman–Crippen MR) is 198 cm³/mol. The van der Waals surface area contributed by atoms with Gasteiger partial charge in [-0.3, -0.25) is 0 Å². The van der Waals surface area contributed by atoms with Gasteiger partial charge in [0, 0.05) is 0 Å². The Hall–Kier alpha value is -0.560. The van der Waals surface area contributed by atoms with Gasteiger partial charge in [-0.25, -0.2) is 0 Å². The number of hydrogen-bond acceptors (Lipinski definition) is 14. The van der Waals surface area contributed by atoms with Crippen LogP contribution in [0.4, 0.5) is 0 Å². The molecule has 14 nitrogen and oxygen atoms in total. The third-order valence-electron chi connectivity index (χ3n) is 16.4. The first-order valence-electron chi connectivity index (χ1n) is 20.7. The Morgan fingerprint density at radius 2 is 1.42 bits per heavy atom. The molecule has 0 aromatic carbocycles. The van der Waals surface area contributed by atoms with E-state index >= 15 is 0 Å². The molecule has 4 saturated carbocycles. The molecule has 0 aromatic heterocycles. The number of rotatable bonds is 10. The summed E-state index contributed by atoms with van der Waals surface area (Å²) in [6.45, 7) is 15.2. The second-order valence-corrected chi connectivity index (χ2v) is 20.7. The number of aliphatic hydroxyl groups excluding tert-OH is 8. The summed E-state index contributed by atoms with van der Waals surface area (Å²) in [6.07, 6.45) is -10.1. The minimum Gasteiger partial charge on any atom is -0.394 e. The molecule has 0 spiro atoms. The van der Waals surface area contributed by atoms with Gasteiger partial charge in [-0.05, 0) is 124 Å². The van der Waals surface area contributed by atoms with E-state index in [0.29, 0.717) is 44.9 Å². The summed E-state index contributed by atoms with van der Waals surface area (Å²) in [5.74, 6) is -0.676. The van der Waals surface area contributed by atoms with Crippen LogP contribution >= 0.6 is 0 Å². The topological polar surface area (TPSA) is 239 Å². The zero-order valence-corrected chi connectivity index (χ0v) is 34.1. The first-order valence-corrected chi connectivity index (χ1v) is 20.7. The molecular weight excluding hydrogens is 716 g/mol. The van der Waals surface area contributed by atoms with Crippen LogP contribution in [0.25, 0.3) is 0 Å². The molecule has 0 unspecified atom stereocenters. The molecule has 6 aliphatic rings. The summed E-state index contributed by atoms with van der Waals surface area (Å²) >= 11 is 0. The minimum absolute atomic E-state index is 0.0161. The summed E-state index contributed by atoms with van der Waals surface area (Å²) in [6, 6.07) is 0. The Balaban J connectivity index is 1.37. The Morgan fingerprint density at radius 1 is 0.745 bits per heavy atom. The third-order valence-corrected chi connectivity index (χ3v) is 16.4. The normalized spacial score (nSPS) is 52.5. The SMILES string of the molecule is CC(C)(O)CCC[C@](C)(O)[C@H]1CC[C@]2(C)[C@@H]1[C@H](O)C[C@@H]1[C@@]3(C)CC[C@H](O)C(C)(C)[C@@H]3[C@@H](O[C@@H]3O[C@H](CO)[C@@H](O)[C@H](O)[C@H]3O[C@@H]3OC[C@@H](O)[C@H](O)[C@H]3O)C[C@]12C. The van der Waals surface area contributed by atoms with Gasteiger partial charge in [-0.2, -0.15) is 0 Å². The van der Waals surface area contributed by atoms with E-state index in [1.165, 1.54) is 0 Å². The number of ether oxygens (including phenoxy) is 4. The van der Waals surface area contributed by atoms with E-state index in [-0.39, 0.29) is 30.3 Å². The molecule has 10 N–H and O–H groups in total. The third kappa shape index (κ3) is 7.38. The highest BCUT2D eigenvalue weighted by molar-refractivity contribution is 5.22. The Labute approximate surface area is 326 Å². The van der Waals surface area contributed by atoms with Gasteiger partial charge in [-0.15, -0.1) is 0 Å². The van der Waals surface area contributed by atoms with E-state index in [1.807, 2.05) is 20.8 Å². The van der Waals surface area contributed by atoms with Crippen LogP contribution in [-0.4, -0.2) is 149 Å². The fraction of sp³-hybridized carbons (Fsp3) is 1.00. The molecule has 6 fully saturated rings. The van der Waals surface area contributed by atoms with Crippen molar-refractivity contribution in [1.29, 1.82) is 0 Å². The zero-order valence-electron chi connectivity index (χ0n) is 34.1. The number of hydrogen-bond donors (Lipinski definition) is 10. The van der Waals surface area contributed by atoms with Crippen molar-refractivity contribution in [3.8, 4) is 0 Å². The van der Waals surface area contributed by atoms with Crippen LogP contribution in [0.3, 0.4) is 0 Å². The first-order chi connectivity index (χ1) is 25.3. The lowest BCUT2D eigenvalue weighted by Gasteiger charge is -2.72. The quantitative estimate of drug-likeness (QED) is 0.139. The van der Waals surface area contributed by atoms with E-state index in [4.69, 9.17) is 18.9 Å². The Kier molecular flexibility index (Phi) is 12.1.